The molecule has 0 fully saturated rings. The summed E-state index contributed by atoms with van der Waals surface area (Å²) in [4.78, 5) is 10.7. The molecule has 4 heterocycles. The smallest absolute Gasteiger partial charge is 0.257 e. The van der Waals surface area contributed by atoms with E-state index < -0.39 is 11.4 Å². The highest BCUT2D eigenvalue weighted by Crippen LogP contribution is 2.38. The lowest BCUT2D eigenvalue weighted by Crippen LogP contribution is -2.26. The molecule has 0 unspecified atom stereocenters. The number of hydrogen-bond acceptors (Lipinski definition) is 6. The van der Waals surface area contributed by atoms with Gasteiger partial charge < -0.3 is 10.0 Å². The standard InChI is InChI=1S/C23H21FN6O/c1-14-27-28-22-26-21(20-17(24)12-25-13-19(20)30(14)22)29-11-5-7-16-15(6-4-8-18(16)29)9-10-23(2,3)31/h4,6,8,12-13,31H,5,7,11H2,1-3H3. The lowest BCUT2D eigenvalue weighted by molar-refractivity contribution is 0.143. The van der Waals surface area contributed by atoms with Crippen LogP contribution in [0.4, 0.5) is 15.9 Å². The van der Waals surface area contributed by atoms with Gasteiger partial charge in [-0.25, -0.2) is 4.39 Å². The van der Waals surface area contributed by atoms with Gasteiger partial charge in [0, 0.05) is 17.8 Å². The first-order valence-electron chi connectivity index (χ1n) is 10.1. The summed E-state index contributed by atoms with van der Waals surface area (Å²) in [6, 6.07) is 5.86. The molecule has 8 heteroatoms. The number of aryl methyl sites for hydroxylation is 1. The van der Waals surface area contributed by atoms with E-state index in [1.54, 1.807) is 31.4 Å². The zero-order chi connectivity index (χ0) is 21.8. The van der Waals surface area contributed by atoms with Gasteiger partial charge in [0.15, 0.2) is 5.82 Å². The Hall–Kier alpha value is -3.57. The largest absolute Gasteiger partial charge is 0.378 e. The molecule has 0 amide bonds. The van der Waals surface area contributed by atoms with E-state index in [9.17, 15) is 5.11 Å². The van der Waals surface area contributed by atoms with Gasteiger partial charge in [-0.05, 0) is 51.3 Å². The molecule has 1 aliphatic rings. The van der Waals surface area contributed by atoms with Crippen molar-refractivity contribution >= 4 is 28.2 Å². The van der Waals surface area contributed by atoms with Crippen LogP contribution in [-0.4, -0.2) is 41.8 Å². The minimum atomic E-state index is -1.08. The zero-order valence-electron chi connectivity index (χ0n) is 17.5. The monoisotopic (exact) mass is 416 g/mol. The number of hydrogen-bond donors (Lipinski definition) is 1. The molecule has 0 atom stereocenters. The molecule has 4 aromatic rings. The van der Waals surface area contributed by atoms with Gasteiger partial charge in [0.1, 0.15) is 17.2 Å². The van der Waals surface area contributed by atoms with Gasteiger partial charge in [-0.15, -0.1) is 10.2 Å². The predicted molar refractivity (Wildman–Crippen MR) is 116 cm³/mol. The number of aliphatic hydroxyl groups is 1. The van der Waals surface area contributed by atoms with Crippen molar-refractivity contribution < 1.29 is 9.50 Å². The molecule has 1 aliphatic heterocycles. The van der Waals surface area contributed by atoms with Crippen LogP contribution in [0.25, 0.3) is 16.7 Å². The molecule has 0 bridgehead atoms. The minimum absolute atomic E-state index is 0.381. The van der Waals surface area contributed by atoms with Crippen molar-refractivity contribution in [3.05, 3.63) is 53.4 Å². The van der Waals surface area contributed by atoms with Gasteiger partial charge >= 0.3 is 0 Å². The summed E-state index contributed by atoms with van der Waals surface area (Å²) in [6.45, 7) is 5.80. The number of pyridine rings is 1. The van der Waals surface area contributed by atoms with E-state index in [0.29, 0.717) is 34.9 Å². The van der Waals surface area contributed by atoms with Crippen molar-refractivity contribution in [2.45, 2.75) is 39.2 Å². The SMILES string of the molecule is Cc1nnc2nc(N3CCCc4c(C#CC(C)(C)O)cccc43)c3c(F)cncc3n12. The zero-order valence-corrected chi connectivity index (χ0v) is 17.5. The summed E-state index contributed by atoms with van der Waals surface area (Å²) >= 11 is 0. The molecule has 0 saturated heterocycles. The van der Waals surface area contributed by atoms with Crippen molar-refractivity contribution in [3.8, 4) is 11.8 Å². The van der Waals surface area contributed by atoms with Crippen molar-refractivity contribution in [1.82, 2.24) is 24.6 Å². The Morgan fingerprint density at radius 2 is 2.03 bits per heavy atom. The highest BCUT2D eigenvalue weighted by molar-refractivity contribution is 5.94. The van der Waals surface area contributed by atoms with E-state index in [4.69, 9.17) is 4.98 Å². The van der Waals surface area contributed by atoms with E-state index in [-0.39, 0.29) is 0 Å². The summed E-state index contributed by atoms with van der Waals surface area (Å²) in [5, 5.41) is 18.7. The molecule has 0 radical (unpaired) electrons. The number of fused-ring (bicyclic) bond motifs is 4. The van der Waals surface area contributed by atoms with Gasteiger partial charge in [-0.3, -0.25) is 9.38 Å². The van der Waals surface area contributed by atoms with Crippen LogP contribution < -0.4 is 4.90 Å². The highest BCUT2D eigenvalue weighted by Gasteiger charge is 2.26. The van der Waals surface area contributed by atoms with Crippen LogP contribution in [0.1, 0.15) is 37.2 Å². The first kappa shape index (κ1) is 19.4. The maximum absolute atomic E-state index is 15.0. The molecule has 3 aromatic heterocycles. The van der Waals surface area contributed by atoms with Crippen LogP contribution in [0, 0.1) is 24.6 Å². The molecule has 1 aromatic carbocycles. The lowest BCUT2D eigenvalue weighted by Gasteiger charge is -2.32. The Morgan fingerprint density at radius 3 is 2.84 bits per heavy atom. The second-order valence-corrected chi connectivity index (χ2v) is 8.20. The summed E-state index contributed by atoms with van der Waals surface area (Å²) in [7, 11) is 0. The normalized spacial score (nSPS) is 13.9. The Labute approximate surface area is 178 Å². The number of halogens is 1. The van der Waals surface area contributed by atoms with E-state index in [1.165, 1.54) is 6.20 Å². The van der Waals surface area contributed by atoms with Gasteiger partial charge in [0.2, 0.25) is 0 Å². The van der Waals surface area contributed by atoms with Crippen molar-refractivity contribution in [2.75, 3.05) is 11.4 Å². The Kier molecular flexibility index (Phi) is 4.38. The fourth-order valence-corrected chi connectivity index (χ4v) is 4.05. The molecule has 31 heavy (non-hydrogen) atoms. The summed E-state index contributed by atoms with van der Waals surface area (Å²) < 4.78 is 16.8. The summed E-state index contributed by atoms with van der Waals surface area (Å²) in [5.41, 5.74) is 2.34. The van der Waals surface area contributed by atoms with Crippen LogP contribution >= 0.6 is 0 Å². The van der Waals surface area contributed by atoms with E-state index in [2.05, 4.69) is 27.0 Å². The first-order chi connectivity index (χ1) is 14.8. The number of rotatable bonds is 1. The van der Waals surface area contributed by atoms with E-state index in [0.717, 1.165) is 29.7 Å². The first-order valence-corrected chi connectivity index (χ1v) is 10.1. The maximum atomic E-state index is 15.0. The molecule has 156 valence electrons. The average Bonchev–Trinajstić information content (AvgIpc) is 3.12. The van der Waals surface area contributed by atoms with Gasteiger partial charge in [0.25, 0.3) is 5.78 Å². The molecule has 5 rings (SSSR count). The summed E-state index contributed by atoms with van der Waals surface area (Å²) in [5.74, 6) is 7.06. The van der Waals surface area contributed by atoms with Crippen LogP contribution in [-0.2, 0) is 6.42 Å². The molecule has 1 N–H and O–H groups in total. The molecular formula is C23H21FN6O. The highest BCUT2D eigenvalue weighted by atomic mass is 19.1. The van der Waals surface area contributed by atoms with Gasteiger partial charge in [0.05, 0.1) is 23.3 Å². The second-order valence-electron chi connectivity index (χ2n) is 8.20. The van der Waals surface area contributed by atoms with E-state index in [1.807, 2.05) is 23.1 Å². The number of anilines is 2. The summed E-state index contributed by atoms with van der Waals surface area (Å²) in [6.07, 6.45) is 4.52. The second kappa shape index (κ2) is 7.00. The number of aromatic nitrogens is 5. The lowest BCUT2D eigenvalue weighted by atomic mass is 9.95. The van der Waals surface area contributed by atoms with Crippen molar-refractivity contribution in [3.63, 3.8) is 0 Å². The average molecular weight is 416 g/mol. The Balaban J connectivity index is 1.75. The van der Waals surface area contributed by atoms with Crippen LogP contribution in [0.15, 0.2) is 30.6 Å². The molecular weight excluding hydrogens is 395 g/mol. The van der Waals surface area contributed by atoms with E-state index >= 15 is 4.39 Å². The van der Waals surface area contributed by atoms with Crippen LogP contribution in [0.2, 0.25) is 0 Å². The van der Waals surface area contributed by atoms with Crippen molar-refractivity contribution in [2.24, 2.45) is 0 Å². The topological polar surface area (TPSA) is 79.4 Å². The molecule has 0 aliphatic carbocycles. The minimum Gasteiger partial charge on any atom is -0.378 e. The fourth-order valence-electron chi connectivity index (χ4n) is 4.05. The molecule has 0 spiro atoms. The Morgan fingerprint density at radius 1 is 1.19 bits per heavy atom. The predicted octanol–water partition coefficient (Wildman–Crippen LogP) is 3.33. The third-order valence-corrected chi connectivity index (χ3v) is 5.37. The number of benzene rings is 1. The van der Waals surface area contributed by atoms with Gasteiger partial charge in [-0.2, -0.15) is 4.98 Å². The number of nitrogens with zero attached hydrogens (tertiary/aromatic N) is 6. The van der Waals surface area contributed by atoms with Crippen LogP contribution in [0.5, 0.6) is 0 Å². The molecule has 0 saturated carbocycles. The van der Waals surface area contributed by atoms with Crippen LogP contribution in [0.3, 0.4) is 0 Å². The third kappa shape index (κ3) is 3.27. The maximum Gasteiger partial charge on any atom is 0.257 e. The van der Waals surface area contributed by atoms with Crippen molar-refractivity contribution in [1.29, 1.82) is 0 Å². The van der Waals surface area contributed by atoms with Gasteiger partial charge in [-0.1, -0.05) is 17.9 Å². The Bertz CT molecular complexity index is 1390. The quantitative estimate of drug-likeness (QED) is 0.480. The molecule has 7 nitrogen and oxygen atoms in total. The third-order valence-electron chi connectivity index (χ3n) is 5.37. The fraction of sp³-hybridized carbons (Fsp3) is 0.304.